The molecular formula is C15H26N2O5P+. The molecule has 0 aromatic heterocycles. The zero-order chi connectivity index (χ0) is 17.6. The number of aliphatic hydroxyl groups is 1. The van der Waals surface area contributed by atoms with Gasteiger partial charge in [-0.2, -0.15) is 5.06 Å². The highest BCUT2D eigenvalue weighted by Gasteiger charge is 2.27. The number of benzene rings is 1. The Morgan fingerprint density at radius 1 is 1.39 bits per heavy atom. The summed E-state index contributed by atoms with van der Waals surface area (Å²) < 4.78 is 11.3. The number of aliphatic hydroxyl groups excluding tert-OH is 1. The molecule has 0 aliphatic rings. The Balaban J connectivity index is 2.56. The minimum atomic E-state index is -3.59. The van der Waals surface area contributed by atoms with Gasteiger partial charge in [0.1, 0.15) is 6.54 Å². The zero-order valence-corrected chi connectivity index (χ0v) is 14.6. The van der Waals surface area contributed by atoms with E-state index < -0.39 is 25.3 Å². The van der Waals surface area contributed by atoms with Crippen LogP contribution >= 0.6 is 7.37 Å². The van der Waals surface area contributed by atoms with Crippen molar-refractivity contribution in [3.8, 4) is 0 Å². The second kappa shape index (κ2) is 8.57. The van der Waals surface area contributed by atoms with Crippen LogP contribution in [0.15, 0.2) is 24.3 Å². The number of quaternary nitrogens is 1. The predicted molar refractivity (Wildman–Crippen MR) is 86.2 cm³/mol. The number of amides is 1. The van der Waals surface area contributed by atoms with E-state index in [1.165, 1.54) is 5.32 Å². The van der Waals surface area contributed by atoms with Gasteiger partial charge in [-0.3, -0.25) is 14.6 Å². The molecule has 7 nitrogen and oxygen atoms in total. The van der Waals surface area contributed by atoms with Crippen LogP contribution in [0.25, 0.3) is 0 Å². The van der Waals surface area contributed by atoms with Crippen LogP contribution in [0.4, 0.5) is 0 Å². The molecule has 1 aromatic rings. The van der Waals surface area contributed by atoms with Crippen LogP contribution in [0.1, 0.15) is 25.0 Å². The smallest absolute Gasteiger partial charge is 0.255 e. The van der Waals surface area contributed by atoms with Crippen molar-refractivity contribution >= 4 is 13.3 Å². The van der Waals surface area contributed by atoms with Crippen LogP contribution in [-0.4, -0.2) is 51.4 Å². The molecule has 0 heterocycles. The minimum Gasteiger partial charge on any atom is -0.378 e. The highest BCUT2D eigenvalue weighted by molar-refractivity contribution is 7.57. The number of hydroxylamine groups is 2. The van der Waals surface area contributed by atoms with Gasteiger partial charge in [0.05, 0.1) is 6.42 Å². The van der Waals surface area contributed by atoms with E-state index in [0.717, 1.165) is 24.2 Å². The van der Waals surface area contributed by atoms with Gasteiger partial charge in [0, 0.05) is 13.6 Å². The highest BCUT2D eigenvalue weighted by atomic mass is 31.2. The molecule has 1 aromatic carbocycles. The minimum absolute atomic E-state index is 0.0668. The van der Waals surface area contributed by atoms with E-state index in [-0.39, 0.29) is 13.0 Å². The Bertz CT molecular complexity index is 575. The number of nitrogens with zero attached hydrogens (tertiary/aromatic N) is 1. The molecule has 130 valence electrons. The first-order valence-corrected chi connectivity index (χ1v) is 9.72. The first kappa shape index (κ1) is 19.8. The molecule has 8 heteroatoms. The normalized spacial score (nSPS) is 16.4. The second-order valence-electron chi connectivity index (χ2n) is 5.72. The molecule has 0 fully saturated rings. The molecule has 0 bridgehead atoms. The molecule has 0 aliphatic carbocycles. The fourth-order valence-corrected chi connectivity index (χ4v) is 2.57. The van der Waals surface area contributed by atoms with Crippen molar-refractivity contribution in [1.82, 2.24) is 5.06 Å². The topological polar surface area (TPSA) is 115 Å². The summed E-state index contributed by atoms with van der Waals surface area (Å²) in [4.78, 5) is 21.3. The third-order valence-corrected chi connectivity index (χ3v) is 4.95. The summed E-state index contributed by atoms with van der Waals surface area (Å²) in [5.74, 6) is -1.87. The first-order chi connectivity index (χ1) is 10.6. The average molecular weight is 345 g/mol. The Morgan fingerprint density at radius 3 is 2.57 bits per heavy atom. The van der Waals surface area contributed by atoms with Crippen LogP contribution in [0.3, 0.4) is 0 Å². The van der Waals surface area contributed by atoms with Gasteiger partial charge in [0.25, 0.3) is 5.91 Å². The van der Waals surface area contributed by atoms with E-state index in [2.05, 4.69) is 0 Å². The standard InChI is InChI=1S/C15H25N2O5P/c1-4-12-6-5-7-13(8-12)9-14(18)17(20)11(2)16-10-15(19)23(3,21)22/h5-8,11,15-16,19-20H,4,9-10H2,1-3H3,(H,21,22)/p+1. The van der Waals surface area contributed by atoms with Crippen molar-refractivity contribution in [1.29, 1.82) is 0 Å². The largest absolute Gasteiger partial charge is 0.378 e. The van der Waals surface area contributed by atoms with Crippen molar-refractivity contribution in [2.24, 2.45) is 0 Å². The van der Waals surface area contributed by atoms with Crippen molar-refractivity contribution in [2.75, 3.05) is 13.2 Å². The third kappa shape index (κ3) is 6.41. The molecule has 1 amide bonds. The van der Waals surface area contributed by atoms with E-state index in [4.69, 9.17) is 0 Å². The summed E-state index contributed by atoms with van der Waals surface area (Å²) in [7, 11) is -3.59. The molecule has 1 rings (SSSR count). The Morgan fingerprint density at radius 2 is 2.00 bits per heavy atom. The van der Waals surface area contributed by atoms with Crippen LogP contribution in [0.2, 0.25) is 0 Å². The number of carbonyl (C=O) groups excluding carboxylic acids is 1. The molecule has 3 unspecified atom stereocenters. The van der Waals surface area contributed by atoms with Crippen LogP contribution in [0, 0.1) is 0 Å². The van der Waals surface area contributed by atoms with Crippen LogP contribution in [-0.2, 0) is 22.2 Å². The van der Waals surface area contributed by atoms with E-state index in [9.17, 15) is 24.6 Å². The molecule has 3 atom stereocenters. The molecular weight excluding hydrogens is 319 g/mol. The van der Waals surface area contributed by atoms with Gasteiger partial charge in [-0.15, -0.1) is 0 Å². The maximum Gasteiger partial charge on any atom is 0.255 e. The molecule has 0 aliphatic heterocycles. The Labute approximate surface area is 136 Å². The zero-order valence-electron chi connectivity index (χ0n) is 13.7. The van der Waals surface area contributed by atoms with E-state index in [1.54, 1.807) is 6.92 Å². The third-order valence-electron chi connectivity index (χ3n) is 3.64. The number of aryl methyl sites for hydroxylation is 1. The number of hydrogen-bond acceptors (Lipinski definition) is 4. The Kier molecular flexibility index (Phi) is 7.38. The fraction of sp³-hybridized carbons (Fsp3) is 0.533. The molecule has 0 spiro atoms. The van der Waals surface area contributed by atoms with Crippen molar-refractivity contribution in [3.05, 3.63) is 35.4 Å². The molecule has 0 saturated heterocycles. The maximum absolute atomic E-state index is 12.1. The number of nitrogens with two attached hydrogens (primary N) is 1. The summed E-state index contributed by atoms with van der Waals surface area (Å²) in [5, 5.41) is 21.5. The second-order valence-corrected chi connectivity index (χ2v) is 8.21. The van der Waals surface area contributed by atoms with Crippen molar-refractivity contribution in [2.45, 2.75) is 38.7 Å². The van der Waals surface area contributed by atoms with Gasteiger partial charge in [0.15, 0.2) is 12.0 Å². The van der Waals surface area contributed by atoms with Gasteiger partial charge < -0.3 is 15.3 Å². The summed E-state index contributed by atoms with van der Waals surface area (Å²) in [6.07, 6.45) is 0.265. The first-order valence-electron chi connectivity index (χ1n) is 7.55. The lowest BCUT2D eigenvalue weighted by atomic mass is 10.1. The van der Waals surface area contributed by atoms with Crippen LogP contribution < -0.4 is 5.32 Å². The molecule has 0 saturated carbocycles. The lowest BCUT2D eigenvalue weighted by Gasteiger charge is -2.22. The van der Waals surface area contributed by atoms with E-state index >= 15 is 0 Å². The van der Waals surface area contributed by atoms with Gasteiger partial charge in [-0.1, -0.05) is 31.2 Å². The van der Waals surface area contributed by atoms with Gasteiger partial charge >= 0.3 is 0 Å². The number of rotatable bonds is 8. The summed E-state index contributed by atoms with van der Waals surface area (Å²) in [6.45, 7) is 4.58. The summed E-state index contributed by atoms with van der Waals surface area (Å²) >= 11 is 0. The maximum atomic E-state index is 12.1. The van der Waals surface area contributed by atoms with Crippen molar-refractivity contribution in [3.63, 3.8) is 0 Å². The molecule has 5 N–H and O–H groups in total. The lowest BCUT2D eigenvalue weighted by Crippen LogP contribution is -2.94. The van der Waals surface area contributed by atoms with Gasteiger partial charge in [0.2, 0.25) is 7.37 Å². The van der Waals surface area contributed by atoms with E-state index in [0.29, 0.717) is 5.06 Å². The van der Waals surface area contributed by atoms with Gasteiger partial charge in [-0.25, -0.2) is 0 Å². The number of carbonyl (C=O) groups is 1. The predicted octanol–water partition coefficient (Wildman–Crippen LogP) is 0.137. The van der Waals surface area contributed by atoms with Crippen LogP contribution in [0.5, 0.6) is 0 Å². The fourth-order valence-electron chi connectivity index (χ4n) is 2.06. The summed E-state index contributed by atoms with van der Waals surface area (Å²) in [5.41, 5.74) is 1.93. The lowest BCUT2D eigenvalue weighted by molar-refractivity contribution is -0.716. The van der Waals surface area contributed by atoms with Gasteiger partial charge in [-0.05, 0) is 17.5 Å². The van der Waals surface area contributed by atoms with E-state index in [1.807, 2.05) is 31.2 Å². The molecule has 0 radical (unpaired) electrons. The molecule has 23 heavy (non-hydrogen) atoms. The van der Waals surface area contributed by atoms with Crippen molar-refractivity contribution < 1.29 is 29.9 Å². The summed E-state index contributed by atoms with van der Waals surface area (Å²) in [6, 6.07) is 7.58. The quantitative estimate of drug-likeness (QED) is 0.232. The average Bonchev–Trinajstić information content (AvgIpc) is 2.50. The Hall–Kier alpha value is -1.24. The monoisotopic (exact) mass is 345 g/mol. The number of hydrogen-bond donors (Lipinski definition) is 4. The highest BCUT2D eigenvalue weighted by Crippen LogP contribution is 2.39. The SMILES string of the molecule is CCc1cccc(CC(=O)N(O)C(C)[NH2+]CC(O)P(C)(=O)O)c1.